The summed E-state index contributed by atoms with van der Waals surface area (Å²) in [6, 6.07) is 5.21. The average molecular weight is 362 g/mol. The minimum absolute atomic E-state index is 0.205. The standard InChI is InChI=1S/C14H18BrClN2O2/c1-2-20-14(19)13(18-7-5-17-6-8-18)10-3-4-12(16)11(15)9-10/h3-4,9,13,17H,2,5-8H2,1H3. The van der Waals surface area contributed by atoms with E-state index in [1.807, 2.05) is 19.1 Å². The zero-order chi connectivity index (χ0) is 14.5. The van der Waals surface area contributed by atoms with Crippen molar-refractivity contribution in [2.24, 2.45) is 0 Å². The molecule has 0 amide bonds. The Morgan fingerprint density at radius 1 is 1.50 bits per heavy atom. The van der Waals surface area contributed by atoms with Gasteiger partial charge in [-0.05, 0) is 40.5 Å². The van der Waals surface area contributed by atoms with Crippen LogP contribution in [0.4, 0.5) is 0 Å². The van der Waals surface area contributed by atoms with Gasteiger partial charge in [0, 0.05) is 30.7 Å². The second-order valence-corrected chi connectivity index (χ2v) is 5.88. The summed E-state index contributed by atoms with van der Waals surface area (Å²) in [6.45, 7) is 5.61. The molecule has 20 heavy (non-hydrogen) atoms. The van der Waals surface area contributed by atoms with Crippen LogP contribution in [0.2, 0.25) is 5.02 Å². The molecule has 1 heterocycles. The molecule has 1 aromatic rings. The molecule has 1 saturated heterocycles. The Hall–Kier alpha value is -0.620. The zero-order valence-corrected chi connectivity index (χ0v) is 13.7. The number of piperazine rings is 1. The molecule has 1 aromatic carbocycles. The van der Waals surface area contributed by atoms with Crippen molar-refractivity contribution < 1.29 is 9.53 Å². The minimum Gasteiger partial charge on any atom is -0.465 e. The number of nitrogens with zero attached hydrogens (tertiary/aromatic N) is 1. The molecule has 0 bridgehead atoms. The molecule has 0 radical (unpaired) electrons. The Morgan fingerprint density at radius 3 is 2.80 bits per heavy atom. The van der Waals surface area contributed by atoms with E-state index >= 15 is 0 Å². The number of hydrogen-bond donors (Lipinski definition) is 1. The predicted molar refractivity (Wildman–Crippen MR) is 83.0 cm³/mol. The summed E-state index contributed by atoms with van der Waals surface area (Å²) in [6.07, 6.45) is 0. The number of carbonyl (C=O) groups is 1. The predicted octanol–water partition coefficient (Wildman–Crippen LogP) is 2.61. The lowest BCUT2D eigenvalue weighted by molar-refractivity contribution is -0.150. The Kier molecular flexibility index (Phi) is 5.84. The molecule has 6 heteroatoms. The quantitative estimate of drug-likeness (QED) is 0.837. The molecular formula is C14H18BrClN2O2. The summed E-state index contributed by atoms with van der Waals surface area (Å²) in [5.74, 6) is -0.205. The molecule has 110 valence electrons. The van der Waals surface area contributed by atoms with E-state index in [1.54, 1.807) is 6.07 Å². The van der Waals surface area contributed by atoms with Crippen molar-refractivity contribution in [1.29, 1.82) is 0 Å². The molecule has 1 aliphatic heterocycles. The van der Waals surface area contributed by atoms with Crippen LogP contribution in [0.25, 0.3) is 0 Å². The first-order chi connectivity index (χ1) is 9.63. The molecular weight excluding hydrogens is 344 g/mol. The molecule has 1 aliphatic rings. The van der Waals surface area contributed by atoms with Crippen LogP contribution in [-0.4, -0.2) is 43.7 Å². The van der Waals surface area contributed by atoms with Crippen molar-refractivity contribution in [2.45, 2.75) is 13.0 Å². The zero-order valence-electron chi connectivity index (χ0n) is 11.4. The van der Waals surface area contributed by atoms with Gasteiger partial charge >= 0.3 is 5.97 Å². The second kappa shape index (κ2) is 7.41. The van der Waals surface area contributed by atoms with Gasteiger partial charge in [-0.2, -0.15) is 0 Å². The van der Waals surface area contributed by atoms with E-state index in [9.17, 15) is 4.79 Å². The van der Waals surface area contributed by atoms with Gasteiger partial charge in [-0.1, -0.05) is 17.7 Å². The van der Waals surface area contributed by atoms with Crippen molar-refractivity contribution in [3.05, 3.63) is 33.3 Å². The van der Waals surface area contributed by atoms with Gasteiger partial charge in [-0.3, -0.25) is 4.90 Å². The molecule has 1 N–H and O–H groups in total. The maximum absolute atomic E-state index is 12.3. The molecule has 0 spiro atoms. The summed E-state index contributed by atoms with van der Waals surface area (Å²) >= 11 is 9.44. The highest BCUT2D eigenvalue weighted by molar-refractivity contribution is 9.10. The van der Waals surface area contributed by atoms with Gasteiger partial charge < -0.3 is 10.1 Å². The summed E-state index contributed by atoms with van der Waals surface area (Å²) in [5.41, 5.74) is 0.904. The van der Waals surface area contributed by atoms with E-state index in [2.05, 4.69) is 26.1 Å². The third-order valence-electron chi connectivity index (χ3n) is 3.29. The van der Waals surface area contributed by atoms with Crippen LogP contribution in [0.3, 0.4) is 0 Å². The number of nitrogens with one attached hydrogen (secondary N) is 1. The molecule has 0 saturated carbocycles. The summed E-state index contributed by atoms with van der Waals surface area (Å²) in [5, 5.41) is 3.92. The second-order valence-electron chi connectivity index (χ2n) is 4.61. The monoisotopic (exact) mass is 360 g/mol. The molecule has 1 unspecified atom stereocenters. The fourth-order valence-electron chi connectivity index (χ4n) is 2.34. The van der Waals surface area contributed by atoms with Crippen molar-refractivity contribution in [2.75, 3.05) is 32.8 Å². The van der Waals surface area contributed by atoms with Crippen molar-refractivity contribution in [1.82, 2.24) is 10.2 Å². The van der Waals surface area contributed by atoms with E-state index in [1.165, 1.54) is 0 Å². The topological polar surface area (TPSA) is 41.6 Å². The molecule has 0 aromatic heterocycles. The summed E-state index contributed by atoms with van der Waals surface area (Å²) in [7, 11) is 0. The number of ether oxygens (including phenoxy) is 1. The first kappa shape index (κ1) is 15.8. The third kappa shape index (κ3) is 3.73. The SMILES string of the molecule is CCOC(=O)C(c1ccc(Cl)c(Br)c1)N1CCNCC1. The molecule has 1 fully saturated rings. The normalized spacial score (nSPS) is 17.8. The van der Waals surface area contributed by atoms with Crippen molar-refractivity contribution >= 4 is 33.5 Å². The van der Waals surface area contributed by atoms with Gasteiger partial charge in [0.25, 0.3) is 0 Å². The first-order valence-electron chi connectivity index (χ1n) is 6.70. The Labute approximate surface area is 132 Å². The smallest absolute Gasteiger partial charge is 0.328 e. The number of esters is 1. The molecule has 2 rings (SSSR count). The average Bonchev–Trinajstić information content (AvgIpc) is 2.44. The number of halogens is 2. The van der Waals surface area contributed by atoms with E-state index in [0.29, 0.717) is 11.6 Å². The van der Waals surface area contributed by atoms with E-state index in [4.69, 9.17) is 16.3 Å². The highest BCUT2D eigenvalue weighted by atomic mass is 79.9. The highest BCUT2D eigenvalue weighted by Gasteiger charge is 2.30. The van der Waals surface area contributed by atoms with Gasteiger partial charge in [0.05, 0.1) is 11.6 Å². The molecule has 1 atom stereocenters. The van der Waals surface area contributed by atoms with Crippen LogP contribution in [-0.2, 0) is 9.53 Å². The molecule has 4 nitrogen and oxygen atoms in total. The largest absolute Gasteiger partial charge is 0.465 e. The summed E-state index contributed by atoms with van der Waals surface area (Å²) < 4.78 is 6.03. The van der Waals surface area contributed by atoms with Gasteiger partial charge in [0.1, 0.15) is 6.04 Å². The first-order valence-corrected chi connectivity index (χ1v) is 7.87. The van der Waals surface area contributed by atoms with E-state index < -0.39 is 0 Å². The number of carbonyl (C=O) groups excluding carboxylic acids is 1. The van der Waals surface area contributed by atoms with Gasteiger partial charge in [0.15, 0.2) is 0 Å². The lowest BCUT2D eigenvalue weighted by Gasteiger charge is -2.33. The Balaban J connectivity index is 2.28. The van der Waals surface area contributed by atoms with Gasteiger partial charge in [-0.15, -0.1) is 0 Å². The van der Waals surface area contributed by atoms with E-state index in [0.717, 1.165) is 36.2 Å². The van der Waals surface area contributed by atoms with Crippen LogP contribution >= 0.6 is 27.5 Å². The highest BCUT2D eigenvalue weighted by Crippen LogP contribution is 2.29. The minimum atomic E-state index is -0.370. The lowest BCUT2D eigenvalue weighted by atomic mass is 10.0. The van der Waals surface area contributed by atoms with Crippen LogP contribution in [0.15, 0.2) is 22.7 Å². The number of rotatable bonds is 4. The van der Waals surface area contributed by atoms with Crippen molar-refractivity contribution in [3.63, 3.8) is 0 Å². The fraction of sp³-hybridized carbons (Fsp3) is 0.500. The number of benzene rings is 1. The van der Waals surface area contributed by atoms with Gasteiger partial charge in [-0.25, -0.2) is 4.79 Å². The maximum Gasteiger partial charge on any atom is 0.328 e. The van der Waals surface area contributed by atoms with Crippen LogP contribution in [0.5, 0.6) is 0 Å². The fourth-order valence-corrected chi connectivity index (χ4v) is 2.85. The van der Waals surface area contributed by atoms with Crippen LogP contribution in [0, 0.1) is 0 Å². The molecule has 0 aliphatic carbocycles. The van der Waals surface area contributed by atoms with Crippen LogP contribution in [0.1, 0.15) is 18.5 Å². The Bertz CT molecular complexity index is 478. The number of hydrogen-bond acceptors (Lipinski definition) is 4. The third-order valence-corrected chi connectivity index (χ3v) is 4.50. The maximum atomic E-state index is 12.3. The van der Waals surface area contributed by atoms with Crippen molar-refractivity contribution in [3.8, 4) is 0 Å². The summed E-state index contributed by atoms with van der Waals surface area (Å²) in [4.78, 5) is 14.4. The van der Waals surface area contributed by atoms with E-state index in [-0.39, 0.29) is 12.0 Å². The lowest BCUT2D eigenvalue weighted by Crippen LogP contribution is -2.47. The van der Waals surface area contributed by atoms with Gasteiger partial charge in [0.2, 0.25) is 0 Å². The Morgan fingerprint density at radius 2 is 2.20 bits per heavy atom. The van der Waals surface area contributed by atoms with Crippen LogP contribution < -0.4 is 5.32 Å².